The van der Waals surface area contributed by atoms with Gasteiger partial charge in [-0.1, -0.05) is 6.07 Å². The molecule has 4 aliphatic rings. The molecular weight excluding hydrogens is 382 g/mol. The third kappa shape index (κ3) is 1.87. The molecule has 0 spiro atoms. The molecule has 4 atom stereocenters. The van der Waals surface area contributed by atoms with E-state index in [-0.39, 0.29) is 36.4 Å². The number of aliphatic hydroxyl groups excluding tert-OH is 2. The number of carbonyl (C=O) groups is 1. The molecule has 0 fully saturated rings. The van der Waals surface area contributed by atoms with Crippen molar-refractivity contribution in [3.63, 3.8) is 0 Å². The van der Waals surface area contributed by atoms with Crippen LogP contribution in [0.1, 0.15) is 39.2 Å². The first kappa shape index (κ1) is 16.9. The van der Waals surface area contributed by atoms with Gasteiger partial charge < -0.3 is 39.2 Å². The van der Waals surface area contributed by atoms with E-state index in [2.05, 4.69) is 0 Å². The van der Waals surface area contributed by atoms with Crippen molar-refractivity contribution >= 4 is 5.91 Å². The molecule has 0 radical (unpaired) electrons. The van der Waals surface area contributed by atoms with Crippen molar-refractivity contribution < 1.29 is 39.1 Å². The Hall–Kier alpha value is -3.01. The van der Waals surface area contributed by atoms with Gasteiger partial charge in [-0.3, -0.25) is 4.79 Å². The van der Waals surface area contributed by atoms with E-state index in [0.717, 1.165) is 0 Å². The van der Waals surface area contributed by atoms with Crippen molar-refractivity contribution in [2.45, 2.75) is 23.9 Å². The van der Waals surface area contributed by atoms with Crippen LogP contribution in [-0.4, -0.2) is 52.9 Å². The Kier molecular flexibility index (Phi) is 3.10. The van der Waals surface area contributed by atoms with Crippen LogP contribution in [0.2, 0.25) is 0 Å². The van der Waals surface area contributed by atoms with Gasteiger partial charge in [0.15, 0.2) is 23.0 Å². The summed E-state index contributed by atoms with van der Waals surface area (Å²) in [5.41, 5.74) is -0.811. The molecule has 2 aromatic carbocycles. The molecule has 0 saturated heterocycles. The van der Waals surface area contributed by atoms with Crippen molar-refractivity contribution in [1.29, 1.82) is 0 Å². The molecule has 1 amide bonds. The van der Waals surface area contributed by atoms with Crippen LogP contribution in [0.5, 0.6) is 23.0 Å². The number of rotatable bonds is 0. The number of fused-ring (bicyclic) bond motifs is 8. The van der Waals surface area contributed by atoms with E-state index in [1.165, 1.54) is 18.0 Å². The SMILES string of the molecule is CN1C(=O)c2c(ccc3c2OCO3)[C@@]2(O)[C@@H]1c1cc3c(cc1[C@H](O)[C@@H]2O)OCO3. The van der Waals surface area contributed by atoms with Crippen LogP contribution in [0, 0.1) is 0 Å². The van der Waals surface area contributed by atoms with Gasteiger partial charge in [-0.15, -0.1) is 0 Å². The maximum absolute atomic E-state index is 13.3. The van der Waals surface area contributed by atoms with Gasteiger partial charge in [0.1, 0.15) is 17.8 Å². The van der Waals surface area contributed by atoms with Crippen molar-refractivity contribution in [3.8, 4) is 23.0 Å². The topological polar surface area (TPSA) is 118 Å². The van der Waals surface area contributed by atoms with Gasteiger partial charge in [0.05, 0.1) is 11.6 Å². The molecule has 6 rings (SSSR count). The average molecular weight is 399 g/mol. The second-order valence-electron chi connectivity index (χ2n) is 7.59. The van der Waals surface area contributed by atoms with Crippen LogP contribution >= 0.6 is 0 Å². The Bertz CT molecular complexity index is 1080. The summed E-state index contributed by atoms with van der Waals surface area (Å²) in [6.07, 6.45) is -3.00. The third-order valence-corrected chi connectivity index (χ3v) is 6.25. The minimum atomic E-state index is -1.97. The summed E-state index contributed by atoms with van der Waals surface area (Å²) in [6, 6.07) is 5.39. The van der Waals surface area contributed by atoms with Crippen LogP contribution < -0.4 is 18.9 Å². The molecular formula is C20H17NO8. The van der Waals surface area contributed by atoms with Crippen molar-refractivity contribution in [2.24, 2.45) is 0 Å². The number of likely N-dealkylation sites (N-methyl/N-ethyl adjacent to an activating group) is 1. The zero-order valence-electron chi connectivity index (χ0n) is 15.3. The van der Waals surface area contributed by atoms with E-state index in [1.807, 2.05) is 0 Å². The number of hydrogen-bond donors (Lipinski definition) is 3. The van der Waals surface area contributed by atoms with E-state index in [4.69, 9.17) is 18.9 Å². The normalized spacial score (nSPS) is 30.7. The Morgan fingerprint density at radius 3 is 2.41 bits per heavy atom. The number of carbonyl (C=O) groups excluding carboxylic acids is 1. The summed E-state index contributed by atoms with van der Waals surface area (Å²) in [7, 11) is 1.54. The standard InChI is InChI=1S/C20H17NO8/c1-21-17-9-5-13-12(27-6-28-13)4-8(9)15(22)18(23)20(17,25)10-2-3-11-16(29-7-26-11)14(10)19(21)24/h2-5,15,17-18,22-23,25H,6-7H2,1H3/t15-,17-,18-,20+/m0/s1. The minimum Gasteiger partial charge on any atom is -0.454 e. The van der Waals surface area contributed by atoms with Crippen LogP contribution in [0.15, 0.2) is 24.3 Å². The zero-order chi connectivity index (χ0) is 20.1. The largest absolute Gasteiger partial charge is 0.454 e. The lowest BCUT2D eigenvalue weighted by Gasteiger charge is -2.52. The summed E-state index contributed by atoms with van der Waals surface area (Å²) in [4.78, 5) is 14.6. The Morgan fingerprint density at radius 1 is 1.00 bits per heavy atom. The lowest BCUT2D eigenvalue weighted by molar-refractivity contribution is -0.178. The molecule has 150 valence electrons. The van der Waals surface area contributed by atoms with Crippen LogP contribution in [0.4, 0.5) is 0 Å². The van der Waals surface area contributed by atoms with E-state index >= 15 is 0 Å². The predicted molar refractivity (Wildman–Crippen MR) is 94.8 cm³/mol. The predicted octanol–water partition coefficient (Wildman–Crippen LogP) is 0.566. The molecule has 9 nitrogen and oxygen atoms in total. The molecule has 1 aliphatic carbocycles. The lowest BCUT2D eigenvalue weighted by Crippen LogP contribution is -2.60. The van der Waals surface area contributed by atoms with E-state index in [1.54, 1.807) is 18.2 Å². The maximum atomic E-state index is 13.3. The molecule has 0 bridgehead atoms. The van der Waals surface area contributed by atoms with Gasteiger partial charge in [0.25, 0.3) is 5.91 Å². The number of aliphatic hydroxyl groups is 3. The summed E-state index contributed by atoms with van der Waals surface area (Å²) in [6.45, 7) is -0.00495. The second-order valence-corrected chi connectivity index (χ2v) is 7.59. The smallest absolute Gasteiger partial charge is 0.258 e. The fraction of sp³-hybridized carbons (Fsp3) is 0.350. The van der Waals surface area contributed by atoms with Crippen molar-refractivity contribution in [1.82, 2.24) is 4.90 Å². The number of benzene rings is 2. The van der Waals surface area contributed by atoms with Crippen LogP contribution in [0.25, 0.3) is 0 Å². The van der Waals surface area contributed by atoms with Crippen molar-refractivity contribution in [2.75, 3.05) is 20.6 Å². The molecule has 3 N–H and O–H groups in total. The molecule has 0 unspecified atom stereocenters. The Labute approximate surface area is 164 Å². The minimum absolute atomic E-state index is 0.0346. The number of amides is 1. The Morgan fingerprint density at radius 2 is 1.66 bits per heavy atom. The molecule has 3 heterocycles. The first-order valence-corrected chi connectivity index (χ1v) is 9.15. The zero-order valence-corrected chi connectivity index (χ0v) is 15.3. The summed E-state index contributed by atoms with van der Waals surface area (Å²) in [5, 5.41) is 33.7. The van der Waals surface area contributed by atoms with Crippen molar-refractivity contribution in [3.05, 3.63) is 46.5 Å². The highest BCUT2D eigenvalue weighted by molar-refractivity contribution is 6.01. The molecule has 0 aromatic heterocycles. The van der Waals surface area contributed by atoms with Gasteiger partial charge in [-0.2, -0.15) is 0 Å². The number of ether oxygens (including phenoxy) is 4. The van der Waals surface area contributed by atoms with Gasteiger partial charge >= 0.3 is 0 Å². The molecule has 3 aliphatic heterocycles. The maximum Gasteiger partial charge on any atom is 0.258 e. The molecule has 2 aromatic rings. The highest BCUT2D eigenvalue weighted by Crippen LogP contribution is 2.58. The summed E-state index contributed by atoms with van der Waals surface area (Å²) >= 11 is 0. The summed E-state index contributed by atoms with van der Waals surface area (Å²) < 4.78 is 21.6. The third-order valence-electron chi connectivity index (χ3n) is 6.25. The number of hydrogen-bond acceptors (Lipinski definition) is 8. The molecule has 0 saturated carbocycles. The second kappa shape index (κ2) is 5.32. The van der Waals surface area contributed by atoms with E-state index in [0.29, 0.717) is 28.4 Å². The van der Waals surface area contributed by atoms with E-state index < -0.39 is 23.9 Å². The molecule has 9 heteroatoms. The number of nitrogens with zero attached hydrogens (tertiary/aromatic N) is 1. The monoisotopic (exact) mass is 399 g/mol. The quantitative estimate of drug-likeness (QED) is 0.589. The first-order chi connectivity index (χ1) is 13.9. The first-order valence-electron chi connectivity index (χ1n) is 9.15. The molecule has 29 heavy (non-hydrogen) atoms. The van der Waals surface area contributed by atoms with Gasteiger partial charge in [-0.05, 0) is 29.3 Å². The highest BCUT2D eigenvalue weighted by atomic mass is 16.7. The van der Waals surface area contributed by atoms with Crippen LogP contribution in [-0.2, 0) is 5.60 Å². The van der Waals surface area contributed by atoms with Crippen LogP contribution in [0.3, 0.4) is 0 Å². The Balaban J connectivity index is 1.65. The summed E-state index contributed by atoms with van der Waals surface area (Å²) in [5.74, 6) is 1.12. The van der Waals surface area contributed by atoms with E-state index in [9.17, 15) is 20.1 Å². The average Bonchev–Trinajstić information content (AvgIpc) is 3.37. The fourth-order valence-corrected chi connectivity index (χ4v) is 4.90. The lowest BCUT2D eigenvalue weighted by atomic mass is 9.65. The van der Waals surface area contributed by atoms with Gasteiger partial charge in [-0.25, -0.2) is 0 Å². The fourth-order valence-electron chi connectivity index (χ4n) is 4.90. The van der Waals surface area contributed by atoms with Gasteiger partial charge in [0.2, 0.25) is 13.6 Å². The van der Waals surface area contributed by atoms with Gasteiger partial charge in [0, 0.05) is 12.6 Å². The highest BCUT2D eigenvalue weighted by Gasteiger charge is 2.60.